The van der Waals surface area contributed by atoms with Crippen molar-refractivity contribution in [2.75, 3.05) is 49.2 Å². The van der Waals surface area contributed by atoms with Gasteiger partial charge in [-0.15, -0.1) is 0 Å². The number of hydrogen-bond donors (Lipinski definition) is 1. The van der Waals surface area contributed by atoms with Crippen molar-refractivity contribution in [2.45, 2.75) is 5.22 Å². The molecule has 28 heavy (non-hydrogen) atoms. The summed E-state index contributed by atoms with van der Waals surface area (Å²) in [6.07, 6.45) is 0. The Morgan fingerprint density at radius 3 is 2.82 bits per heavy atom. The molecular formula is C20H21ClN4O2S. The van der Waals surface area contributed by atoms with Gasteiger partial charge in [0.1, 0.15) is 5.52 Å². The first kappa shape index (κ1) is 19.1. The normalized spacial score (nSPS) is 15.1. The Labute approximate surface area is 172 Å². The van der Waals surface area contributed by atoms with Crippen molar-refractivity contribution in [3.05, 3.63) is 47.5 Å². The molecule has 1 aliphatic heterocycles. The van der Waals surface area contributed by atoms with Crippen LogP contribution in [0.3, 0.4) is 0 Å². The Morgan fingerprint density at radius 2 is 2.00 bits per heavy atom. The quantitative estimate of drug-likeness (QED) is 0.635. The maximum Gasteiger partial charge on any atom is 0.257 e. The summed E-state index contributed by atoms with van der Waals surface area (Å²) in [5, 5.41) is 4.09. The first-order valence-corrected chi connectivity index (χ1v) is 10.5. The predicted octanol–water partition coefficient (Wildman–Crippen LogP) is 3.96. The number of halogens is 1. The van der Waals surface area contributed by atoms with Gasteiger partial charge in [-0.05, 0) is 37.4 Å². The molecule has 0 saturated carbocycles. The summed E-state index contributed by atoms with van der Waals surface area (Å²) in [4.78, 5) is 21.5. The number of para-hydroxylation sites is 2. The van der Waals surface area contributed by atoms with E-state index in [0.717, 1.165) is 37.6 Å². The lowest BCUT2D eigenvalue weighted by atomic mass is 10.2. The molecule has 1 fully saturated rings. The van der Waals surface area contributed by atoms with Crippen molar-refractivity contribution in [3.63, 3.8) is 0 Å². The largest absolute Gasteiger partial charge is 0.431 e. The topological polar surface area (TPSA) is 61.6 Å². The number of amides is 1. The molecule has 1 saturated heterocycles. The van der Waals surface area contributed by atoms with Gasteiger partial charge in [0.25, 0.3) is 5.22 Å². The highest BCUT2D eigenvalue weighted by molar-refractivity contribution is 7.99. The molecular weight excluding hydrogens is 396 g/mol. The van der Waals surface area contributed by atoms with Gasteiger partial charge < -0.3 is 19.5 Å². The highest BCUT2D eigenvalue weighted by Crippen LogP contribution is 2.28. The lowest BCUT2D eigenvalue weighted by Crippen LogP contribution is -2.44. The Balaban J connectivity index is 1.39. The maximum absolute atomic E-state index is 12.5. The molecule has 6 nitrogen and oxygen atoms in total. The number of fused-ring (bicyclic) bond motifs is 1. The number of hydrogen-bond acceptors (Lipinski definition) is 6. The molecule has 8 heteroatoms. The van der Waals surface area contributed by atoms with Gasteiger partial charge in [-0.25, -0.2) is 4.98 Å². The van der Waals surface area contributed by atoms with Crippen molar-refractivity contribution in [1.29, 1.82) is 0 Å². The zero-order valence-electron chi connectivity index (χ0n) is 15.5. The lowest BCUT2D eigenvalue weighted by molar-refractivity contribution is -0.113. The summed E-state index contributed by atoms with van der Waals surface area (Å²) in [6, 6.07) is 13.2. The summed E-state index contributed by atoms with van der Waals surface area (Å²) in [7, 11) is 2.13. The van der Waals surface area contributed by atoms with Gasteiger partial charge in [0, 0.05) is 31.2 Å². The minimum atomic E-state index is -0.0909. The smallest absolute Gasteiger partial charge is 0.257 e. The summed E-state index contributed by atoms with van der Waals surface area (Å²) in [5.41, 5.74) is 3.25. The van der Waals surface area contributed by atoms with Gasteiger partial charge in [0.15, 0.2) is 5.58 Å². The number of carbonyl (C=O) groups is 1. The number of aromatic nitrogens is 1. The second-order valence-electron chi connectivity index (χ2n) is 6.74. The number of nitrogens with zero attached hydrogens (tertiary/aromatic N) is 3. The minimum absolute atomic E-state index is 0.0909. The van der Waals surface area contributed by atoms with Crippen molar-refractivity contribution in [1.82, 2.24) is 9.88 Å². The van der Waals surface area contributed by atoms with Crippen LogP contribution in [0.5, 0.6) is 0 Å². The molecule has 3 aromatic rings. The number of anilines is 2. The van der Waals surface area contributed by atoms with E-state index in [9.17, 15) is 4.79 Å². The summed E-state index contributed by atoms with van der Waals surface area (Å²) in [5.74, 6) is 0.129. The monoisotopic (exact) mass is 416 g/mol. The van der Waals surface area contributed by atoms with Gasteiger partial charge in [0.2, 0.25) is 5.91 Å². The average molecular weight is 417 g/mol. The Bertz CT molecular complexity index is 985. The van der Waals surface area contributed by atoms with Gasteiger partial charge in [-0.1, -0.05) is 35.5 Å². The second-order valence-corrected chi connectivity index (χ2v) is 8.10. The van der Waals surface area contributed by atoms with Crippen molar-refractivity contribution in [2.24, 2.45) is 0 Å². The van der Waals surface area contributed by atoms with E-state index in [1.807, 2.05) is 18.2 Å². The fraction of sp³-hybridized carbons (Fsp3) is 0.300. The van der Waals surface area contributed by atoms with Crippen molar-refractivity contribution >= 4 is 51.7 Å². The van der Waals surface area contributed by atoms with Gasteiger partial charge in [-0.2, -0.15) is 0 Å². The molecule has 0 aliphatic carbocycles. The number of oxazole rings is 1. The Hall–Kier alpha value is -2.22. The number of likely N-dealkylation sites (N-methyl/N-ethyl adjacent to an activating group) is 1. The number of benzene rings is 2. The molecule has 4 rings (SSSR count). The van der Waals surface area contributed by atoms with E-state index in [0.29, 0.717) is 21.3 Å². The lowest BCUT2D eigenvalue weighted by Gasteiger charge is -2.35. The number of nitrogens with one attached hydrogen (secondary N) is 1. The van der Waals surface area contributed by atoms with Crippen LogP contribution >= 0.6 is 23.4 Å². The summed E-state index contributed by atoms with van der Waals surface area (Å²) < 4.78 is 5.65. The molecule has 0 spiro atoms. The standard InChI is InChI=1S/C20H21ClN4O2S/c1-24-8-10-25(11-9-24)17-5-3-2-4-15(17)22-19(26)13-28-20-23-16-12-14(21)6-7-18(16)27-20/h2-7,12H,8-11,13H2,1H3,(H,22,26). The molecule has 146 valence electrons. The Morgan fingerprint density at radius 1 is 1.21 bits per heavy atom. The van der Waals surface area contributed by atoms with Crippen LogP contribution in [0.4, 0.5) is 11.4 Å². The van der Waals surface area contributed by atoms with E-state index in [-0.39, 0.29) is 11.7 Å². The van der Waals surface area contributed by atoms with E-state index in [4.69, 9.17) is 16.0 Å². The number of piperazine rings is 1. The van der Waals surface area contributed by atoms with Crippen molar-refractivity contribution in [3.8, 4) is 0 Å². The molecule has 1 N–H and O–H groups in total. The third kappa shape index (κ3) is 4.43. The summed E-state index contributed by atoms with van der Waals surface area (Å²) in [6.45, 7) is 3.92. The SMILES string of the molecule is CN1CCN(c2ccccc2NC(=O)CSc2nc3cc(Cl)ccc3o2)CC1. The first-order valence-electron chi connectivity index (χ1n) is 9.10. The van der Waals surface area contributed by atoms with Crippen LogP contribution in [0, 0.1) is 0 Å². The maximum atomic E-state index is 12.5. The Kier molecular flexibility index (Phi) is 5.75. The van der Waals surface area contributed by atoms with Gasteiger partial charge >= 0.3 is 0 Å². The zero-order valence-corrected chi connectivity index (χ0v) is 17.1. The van der Waals surface area contributed by atoms with Crippen molar-refractivity contribution < 1.29 is 9.21 Å². The third-order valence-electron chi connectivity index (χ3n) is 4.68. The van der Waals surface area contributed by atoms with Crippen LogP contribution in [0.1, 0.15) is 0 Å². The van der Waals surface area contributed by atoms with E-state index in [2.05, 4.69) is 33.2 Å². The summed E-state index contributed by atoms with van der Waals surface area (Å²) >= 11 is 7.24. The highest BCUT2D eigenvalue weighted by atomic mass is 35.5. The zero-order chi connectivity index (χ0) is 19.5. The van der Waals surface area contributed by atoms with E-state index in [1.54, 1.807) is 18.2 Å². The molecule has 0 bridgehead atoms. The van der Waals surface area contributed by atoms with Crippen LogP contribution in [-0.4, -0.2) is 54.8 Å². The third-order valence-corrected chi connectivity index (χ3v) is 5.74. The van der Waals surface area contributed by atoms with Gasteiger partial charge in [0.05, 0.1) is 17.1 Å². The van der Waals surface area contributed by atoms with Crippen LogP contribution in [0.2, 0.25) is 5.02 Å². The van der Waals surface area contributed by atoms with E-state index >= 15 is 0 Å². The fourth-order valence-electron chi connectivity index (χ4n) is 3.16. The molecule has 0 atom stereocenters. The van der Waals surface area contributed by atoms with Crippen LogP contribution in [0.15, 0.2) is 52.1 Å². The number of rotatable bonds is 5. The number of thioether (sulfide) groups is 1. The first-order chi connectivity index (χ1) is 13.6. The molecule has 1 aromatic heterocycles. The van der Waals surface area contributed by atoms with Crippen LogP contribution in [-0.2, 0) is 4.79 Å². The average Bonchev–Trinajstić information content (AvgIpc) is 3.10. The predicted molar refractivity (Wildman–Crippen MR) is 115 cm³/mol. The van der Waals surface area contributed by atoms with E-state index < -0.39 is 0 Å². The molecule has 1 amide bonds. The van der Waals surface area contributed by atoms with Crippen LogP contribution in [0.25, 0.3) is 11.1 Å². The molecule has 2 aromatic carbocycles. The van der Waals surface area contributed by atoms with E-state index in [1.165, 1.54) is 11.8 Å². The minimum Gasteiger partial charge on any atom is -0.431 e. The second kappa shape index (κ2) is 8.43. The highest BCUT2D eigenvalue weighted by Gasteiger charge is 2.18. The molecule has 0 radical (unpaired) electrons. The molecule has 0 unspecified atom stereocenters. The van der Waals surface area contributed by atoms with Gasteiger partial charge in [-0.3, -0.25) is 4.79 Å². The molecule has 1 aliphatic rings. The number of carbonyl (C=O) groups excluding carboxylic acids is 1. The molecule has 2 heterocycles. The fourth-order valence-corrected chi connectivity index (χ4v) is 3.96. The van der Waals surface area contributed by atoms with Crippen LogP contribution < -0.4 is 10.2 Å².